The Hall–Kier alpha value is -1.77. The first kappa shape index (κ1) is 20.0. The van der Waals surface area contributed by atoms with Crippen LogP contribution in [0.3, 0.4) is 0 Å². The summed E-state index contributed by atoms with van der Waals surface area (Å²) in [5, 5.41) is 2.80. The van der Waals surface area contributed by atoms with Crippen LogP contribution in [0.4, 0.5) is 0 Å². The van der Waals surface area contributed by atoms with Gasteiger partial charge in [-0.15, -0.1) is 11.3 Å². The van der Waals surface area contributed by atoms with E-state index in [1.54, 1.807) is 6.92 Å². The number of carbonyl (C=O) groups excluding carboxylic acids is 1. The quantitative estimate of drug-likeness (QED) is 0.686. The van der Waals surface area contributed by atoms with Gasteiger partial charge < -0.3 is 4.74 Å². The number of esters is 1. The van der Waals surface area contributed by atoms with E-state index < -0.39 is 10.0 Å². The Morgan fingerprint density at radius 3 is 2.56 bits per heavy atom. The van der Waals surface area contributed by atoms with Crippen molar-refractivity contribution in [2.75, 3.05) is 18.8 Å². The molecule has 0 amide bonds. The van der Waals surface area contributed by atoms with E-state index in [0.29, 0.717) is 25.9 Å². The summed E-state index contributed by atoms with van der Waals surface area (Å²) in [5.41, 5.74) is 2.98. The third kappa shape index (κ3) is 4.94. The van der Waals surface area contributed by atoms with E-state index in [1.165, 1.54) is 21.2 Å². The summed E-state index contributed by atoms with van der Waals surface area (Å²) < 4.78 is 30.6. The predicted octanol–water partition coefficient (Wildman–Crippen LogP) is 3.22. The standard InChI is InChI=1S/C19H24N2O4S2/c1-3-27(23,24)21-10-8-16(9-11-21)19(22)25-12-17-13-26-18(20-17)15-6-4-14(2)5-7-15/h4-7,13,16H,3,8-12H2,1-2H3. The molecule has 1 fully saturated rings. The summed E-state index contributed by atoms with van der Waals surface area (Å²) in [5.74, 6) is -0.424. The van der Waals surface area contributed by atoms with Crippen molar-refractivity contribution >= 4 is 27.3 Å². The molecule has 1 aliphatic heterocycles. The van der Waals surface area contributed by atoms with Gasteiger partial charge in [0.1, 0.15) is 11.6 Å². The highest BCUT2D eigenvalue weighted by atomic mass is 32.2. The number of ether oxygens (including phenoxy) is 1. The number of hydrogen-bond acceptors (Lipinski definition) is 6. The zero-order valence-corrected chi connectivity index (χ0v) is 17.2. The van der Waals surface area contributed by atoms with Gasteiger partial charge in [0, 0.05) is 24.0 Å². The number of benzene rings is 1. The van der Waals surface area contributed by atoms with E-state index in [1.807, 2.05) is 36.6 Å². The summed E-state index contributed by atoms with van der Waals surface area (Å²) in [4.78, 5) is 16.8. The number of carbonyl (C=O) groups is 1. The number of sulfonamides is 1. The van der Waals surface area contributed by atoms with E-state index in [4.69, 9.17) is 4.74 Å². The number of aromatic nitrogens is 1. The molecule has 1 saturated heterocycles. The maximum Gasteiger partial charge on any atom is 0.309 e. The largest absolute Gasteiger partial charge is 0.459 e. The van der Waals surface area contributed by atoms with Crippen LogP contribution in [0.5, 0.6) is 0 Å². The summed E-state index contributed by atoms with van der Waals surface area (Å²) in [6, 6.07) is 8.15. The van der Waals surface area contributed by atoms with Crippen molar-refractivity contribution in [2.24, 2.45) is 5.92 Å². The lowest BCUT2D eigenvalue weighted by atomic mass is 9.98. The van der Waals surface area contributed by atoms with Crippen molar-refractivity contribution in [3.05, 3.63) is 40.9 Å². The number of piperidine rings is 1. The maximum atomic E-state index is 12.3. The molecule has 2 heterocycles. The summed E-state index contributed by atoms with van der Waals surface area (Å²) in [6.45, 7) is 4.58. The molecule has 1 aromatic heterocycles. The normalized spacial score (nSPS) is 16.4. The lowest BCUT2D eigenvalue weighted by molar-refractivity contribution is -0.151. The molecule has 0 unspecified atom stereocenters. The molecular formula is C19H24N2O4S2. The van der Waals surface area contributed by atoms with E-state index >= 15 is 0 Å². The van der Waals surface area contributed by atoms with Gasteiger partial charge in [-0.2, -0.15) is 0 Å². The fourth-order valence-corrected chi connectivity index (χ4v) is 4.96. The number of nitrogens with zero attached hydrogens (tertiary/aromatic N) is 2. The minimum absolute atomic E-state index is 0.0925. The second-order valence-electron chi connectivity index (χ2n) is 6.69. The van der Waals surface area contributed by atoms with E-state index in [2.05, 4.69) is 4.98 Å². The van der Waals surface area contributed by atoms with Crippen molar-refractivity contribution in [1.82, 2.24) is 9.29 Å². The molecule has 27 heavy (non-hydrogen) atoms. The smallest absolute Gasteiger partial charge is 0.309 e. The van der Waals surface area contributed by atoms with Crippen LogP contribution in [0.25, 0.3) is 10.6 Å². The summed E-state index contributed by atoms with van der Waals surface area (Å²) in [6.07, 6.45) is 1.01. The molecule has 2 aromatic rings. The van der Waals surface area contributed by atoms with Crippen molar-refractivity contribution in [3.63, 3.8) is 0 Å². The molecule has 8 heteroatoms. The minimum atomic E-state index is -3.18. The Kier molecular flexibility index (Phi) is 6.29. The Morgan fingerprint density at radius 2 is 1.93 bits per heavy atom. The highest BCUT2D eigenvalue weighted by Gasteiger charge is 2.31. The topological polar surface area (TPSA) is 76.6 Å². The van der Waals surface area contributed by atoms with Gasteiger partial charge in [-0.25, -0.2) is 17.7 Å². The molecule has 0 aliphatic carbocycles. The average Bonchev–Trinajstić information content (AvgIpc) is 3.16. The molecule has 6 nitrogen and oxygen atoms in total. The lowest BCUT2D eigenvalue weighted by Gasteiger charge is -2.29. The Balaban J connectivity index is 1.51. The molecule has 0 spiro atoms. The fraction of sp³-hybridized carbons (Fsp3) is 0.474. The van der Waals surface area contributed by atoms with Crippen LogP contribution in [0.2, 0.25) is 0 Å². The molecule has 1 aromatic carbocycles. The molecule has 0 saturated carbocycles. The van der Waals surface area contributed by atoms with Crippen LogP contribution in [0, 0.1) is 12.8 Å². The summed E-state index contributed by atoms with van der Waals surface area (Å²) in [7, 11) is -3.18. The first-order valence-electron chi connectivity index (χ1n) is 9.05. The molecule has 0 N–H and O–H groups in total. The van der Waals surface area contributed by atoms with Crippen molar-refractivity contribution in [2.45, 2.75) is 33.3 Å². The third-order valence-corrected chi connectivity index (χ3v) is 7.58. The van der Waals surface area contributed by atoms with Gasteiger partial charge in [0.2, 0.25) is 10.0 Å². The highest BCUT2D eigenvalue weighted by molar-refractivity contribution is 7.89. The first-order valence-corrected chi connectivity index (χ1v) is 11.5. The van der Waals surface area contributed by atoms with Gasteiger partial charge in [-0.05, 0) is 26.7 Å². The molecule has 0 bridgehead atoms. The summed E-state index contributed by atoms with van der Waals surface area (Å²) >= 11 is 1.53. The number of rotatable bonds is 6. The fourth-order valence-electron chi connectivity index (χ4n) is 3.02. The molecule has 3 rings (SSSR count). The molecule has 1 aliphatic rings. The number of thiazole rings is 1. The predicted molar refractivity (Wildman–Crippen MR) is 106 cm³/mol. The molecule has 0 radical (unpaired) electrons. The monoisotopic (exact) mass is 408 g/mol. The first-order chi connectivity index (χ1) is 12.9. The van der Waals surface area contributed by atoms with E-state index in [-0.39, 0.29) is 24.2 Å². The SMILES string of the molecule is CCS(=O)(=O)N1CCC(C(=O)OCc2csc(-c3ccc(C)cc3)n2)CC1. The van der Waals surface area contributed by atoms with Gasteiger partial charge in [0.15, 0.2) is 0 Å². The van der Waals surface area contributed by atoms with Crippen LogP contribution in [-0.4, -0.2) is 42.5 Å². The van der Waals surface area contributed by atoms with Gasteiger partial charge in [-0.1, -0.05) is 29.8 Å². The third-order valence-electron chi connectivity index (χ3n) is 4.76. The Bertz CT molecular complexity index is 883. The van der Waals surface area contributed by atoms with E-state index in [9.17, 15) is 13.2 Å². The molecular weight excluding hydrogens is 384 g/mol. The van der Waals surface area contributed by atoms with Crippen molar-refractivity contribution in [1.29, 1.82) is 0 Å². The van der Waals surface area contributed by atoms with Gasteiger partial charge >= 0.3 is 5.97 Å². The lowest BCUT2D eigenvalue weighted by Crippen LogP contribution is -2.41. The Morgan fingerprint density at radius 1 is 1.26 bits per heavy atom. The average molecular weight is 409 g/mol. The van der Waals surface area contributed by atoms with Crippen molar-refractivity contribution in [3.8, 4) is 10.6 Å². The second kappa shape index (κ2) is 8.50. The number of hydrogen-bond donors (Lipinski definition) is 0. The zero-order chi connectivity index (χ0) is 19.4. The van der Waals surface area contributed by atoms with Gasteiger partial charge in [0.05, 0.1) is 17.4 Å². The van der Waals surface area contributed by atoms with E-state index in [0.717, 1.165) is 16.3 Å². The van der Waals surface area contributed by atoms with Crippen molar-refractivity contribution < 1.29 is 17.9 Å². The number of aryl methyl sites for hydroxylation is 1. The van der Waals surface area contributed by atoms with Gasteiger partial charge in [-0.3, -0.25) is 4.79 Å². The van der Waals surface area contributed by atoms with Gasteiger partial charge in [0.25, 0.3) is 0 Å². The second-order valence-corrected chi connectivity index (χ2v) is 9.81. The maximum absolute atomic E-state index is 12.3. The Labute approximate surface area is 164 Å². The minimum Gasteiger partial charge on any atom is -0.459 e. The van der Waals surface area contributed by atoms with Crippen LogP contribution in [0.1, 0.15) is 31.0 Å². The van der Waals surface area contributed by atoms with Crippen LogP contribution in [-0.2, 0) is 26.2 Å². The highest BCUT2D eigenvalue weighted by Crippen LogP contribution is 2.25. The zero-order valence-electron chi connectivity index (χ0n) is 15.6. The molecule has 0 atom stereocenters. The molecule has 146 valence electrons. The van der Waals surface area contributed by atoms with Crippen LogP contribution in [0.15, 0.2) is 29.6 Å². The van der Waals surface area contributed by atoms with Crippen LogP contribution >= 0.6 is 11.3 Å². The van der Waals surface area contributed by atoms with Crippen LogP contribution < -0.4 is 0 Å².